The Labute approximate surface area is 146 Å². The lowest BCUT2D eigenvalue weighted by Crippen LogP contribution is -2.30. The molecule has 1 unspecified atom stereocenters. The summed E-state index contributed by atoms with van der Waals surface area (Å²) in [4.78, 5) is 20.8. The second kappa shape index (κ2) is 7.93. The molecule has 2 rings (SSSR count). The van der Waals surface area contributed by atoms with Crippen LogP contribution in [-0.2, 0) is 11.3 Å². The highest BCUT2D eigenvalue weighted by Gasteiger charge is 2.19. The van der Waals surface area contributed by atoms with Crippen LogP contribution < -0.4 is 5.32 Å². The first-order chi connectivity index (χ1) is 11.4. The van der Waals surface area contributed by atoms with Gasteiger partial charge in [0.1, 0.15) is 22.5 Å². The third-order valence-corrected chi connectivity index (χ3v) is 4.61. The molecule has 124 valence electrons. The van der Waals surface area contributed by atoms with E-state index in [4.69, 9.17) is 0 Å². The number of aryl methyl sites for hydroxylation is 3. The second-order valence-electron chi connectivity index (χ2n) is 5.61. The summed E-state index contributed by atoms with van der Waals surface area (Å²) in [6.07, 6.45) is 0. The second-order valence-corrected chi connectivity index (χ2v) is 6.94. The Hall–Kier alpha value is -2.39. The van der Waals surface area contributed by atoms with Crippen LogP contribution in [0.4, 0.5) is 0 Å². The lowest BCUT2D eigenvalue weighted by Gasteiger charge is -2.13. The van der Waals surface area contributed by atoms with E-state index in [1.807, 2.05) is 38.1 Å². The maximum absolute atomic E-state index is 12.3. The highest BCUT2D eigenvalue weighted by molar-refractivity contribution is 8.00. The number of nitrogens with zero attached hydrogens (tertiary/aromatic N) is 3. The lowest BCUT2D eigenvalue weighted by atomic mass is 10.1. The fraction of sp³-hybridized carbons (Fsp3) is 0.333. The monoisotopic (exact) mass is 340 g/mol. The molecular formula is C18H20N4OS. The first-order valence-corrected chi connectivity index (χ1v) is 8.54. The van der Waals surface area contributed by atoms with Crippen molar-refractivity contribution in [1.29, 1.82) is 5.26 Å². The molecule has 0 saturated carbocycles. The standard InChI is InChI=1S/C18H20N4OS/c1-11-5-7-15(8-6-11)10-20-17(23)13(3)24-18-16(9-19)12(2)21-14(4)22-18/h5-8,13H,10H2,1-4H3,(H,20,23). The summed E-state index contributed by atoms with van der Waals surface area (Å²) in [7, 11) is 0. The van der Waals surface area contributed by atoms with Gasteiger partial charge in [-0.15, -0.1) is 0 Å². The number of benzene rings is 1. The van der Waals surface area contributed by atoms with Crippen LogP contribution in [0.5, 0.6) is 0 Å². The van der Waals surface area contributed by atoms with Crippen molar-refractivity contribution in [3.8, 4) is 6.07 Å². The van der Waals surface area contributed by atoms with Crippen LogP contribution in [0.3, 0.4) is 0 Å². The summed E-state index contributed by atoms with van der Waals surface area (Å²) in [5.74, 6) is 0.514. The van der Waals surface area contributed by atoms with E-state index in [1.165, 1.54) is 17.3 Å². The van der Waals surface area contributed by atoms with Gasteiger partial charge < -0.3 is 5.32 Å². The van der Waals surface area contributed by atoms with Crippen molar-refractivity contribution in [2.45, 2.75) is 44.5 Å². The summed E-state index contributed by atoms with van der Waals surface area (Å²) in [5, 5.41) is 12.4. The predicted molar refractivity (Wildman–Crippen MR) is 94.6 cm³/mol. The van der Waals surface area contributed by atoms with Crippen molar-refractivity contribution in [2.24, 2.45) is 0 Å². The highest BCUT2D eigenvalue weighted by Crippen LogP contribution is 2.26. The predicted octanol–water partition coefficient (Wildman–Crippen LogP) is 3.07. The minimum atomic E-state index is -0.351. The zero-order valence-electron chi connectivity index (χ0n) is 14.3. The van der Waals surface area contributed by atoms with Gasteiger partial charge in [0.15, 0.2) is 0 Å². The first-order valence-electron chi connectivity index (χ1n) is 7.66. The molecule has 24 heavy (non-hydrogen) atoms. The first kappa shape index (κ1) is 18.0. The molecule has 0 aliphatic heterocycles. The fourth-order valence-corrected chi connectivity index (χ4v) is 3.18. The summed E-state index contributed by atoms with van der Waals surface area (Å²) in [6.45, 7) is 7.87. The Balaban J connectivity index is 2.02. The van der Waals surface area contributed by atoms with Gasteiger partial charge in [-0.2, -0.15) is 5.26 Å². The minimum absolute atomic E-state index is 0.0848. The summed E-state index contributed by atoms with van der Waals surface area (Å²) in [6, 6.07) is 10.2. The van der Waals surface area contributed by atoms with Crippen LogP contribution in [-0.4, -0.2) is 21.1 Å². The third kappa shape index (κ3) is 4.56. The molecule has 0 radical (unpaired) electrons. The molecule has 1 heterocycles. The smallest absolute Gasteiger partial charge is 0.233 e. The number of amides is 1. The number of nitrogens with one attached hydrogen (secondary N) is 1. The number of nitriles is 1. The van der Waals surface area contributed by atoms with Gasteiger partial charge in [0.25, 0.3) is 0 Å². The van der Waals surface area contributed by atoms with Gasteiger partial charge in [0.05, 0.1) is 10.9 Å². The van der Waals surface area contributed by atoms with Crippen LogP contribution in [0.15, 0.2) is 29.3 Å². The molecule has 0 spiro atoms. The molecule has 1 N–H and O–H groups in total. The Morgan fingerprint density at radius 3 is 2.54 bits per heavy atom. The third-order valence-electron chi connectivity index (χ3n) is 3.53. The van der Waals surface area contributed by atoms with Gasteiger partial charge in [-0.1, -0.05) is 41.6 Å². The maximum Gasteiger partial charge on any atom is 0.233 e. The van der Waals surface area contributed by atoms with E-state index in [9.17, 15) is 10.1 Å². The fourth-order valence-electron chi connectivity index (χ4n) is 2.16. The average Bonchev–Trinajstić information content (AvgIpc) is 2.53. The Kier molecular flexibility index (Phi) is 5.93. The molecule has 1 aromatic carbocycles. The molecule has 1 atom stereocenters. The molecule has 0 fully saturated rings. The molecule has 1 aromatic heterocycles. The number of thioether (sulfide) groups is 1. The van der Waals surface area contributed by atoms with Gasteiger partial charge in [-0.25, -0.2) is 9.97 Å². The number of carbonyl (C=O) groups is 1. The molecule has 0 aliphatic rings. The molecular weight excluding hydrogens is 320 g/mol. The minimum Gasteiger partial charge on any atom is -0.351 e. The molecule has 0 saturated heterocycles. The largest absolute Gasteiger partial charge is 0.351 e. The maximum atomic E-state index is 12.3. The van der Waals surface area contributed by atoms with Crippen molar-refractivity contribution in [1.82, 2.24) is 15.3 Å². The lowest BCUT2D eigenvalue weighted by molar-refractivity contribution is -0.120. The topological polar surface area (TPSA) is 78.7 Å². The van der Waals surface area contributed by atoms with E-state index in [0.717, 1.165) is 5.56 Å². The number of rotatable bonds is 5. The van der Waals surface area contributed by atoms with Gasteiger partial charge >= 0.3 is 0 Å². The van der Waals surface area contributed by atoms with Gasteiger partial charge in [-0.05, 0) is 33.3 Å². The molecule has 6 heteroatoms. The van der Waals surface area contributed by atoms with Crippen LogP contribution in [0.25, 0.3) is 0 Å². The quantitative estimate of drug-likeness (QED) is 0.668. The number of hydrogen-bond donors (Lipinski definition) is 1. The van der Waals surface area contributed by atoms with E-state index in [0.29, 0.717) is 28.7 Å². The van der Waals surface area contributed by atoms with Crippen LogP contribution in [0, 0.1) is 32.1 Å². The van der Waals surface area contributed by atoms with Crippen LogP contribution in [0.2, 0.25) is 0 Å². The number of hydrogen-bond acceptors (Lipinski definition) is 5. The van der Waals surface area contributed by atoms with Crippen LogP contribution >= 0.6 is 11.8 Å². The average molecular weight is 340 g/mol. The Bertz CT molecular complexity index is 781. The van der Waals surface area contributed by atoms with Crippen molar-refractivity contribution in [3.05, 3.63) is 52.5 Å². The summed E-state index contributed by atoms with van der Waals surface area (Å²) in [5.41, 5.74) is 3.31. The van der Waals surface area contributed by atoms with E-state index in [-0.39, 0.29) is 11.2 Å². The normalized spacial score (nSPS) is 11.6. The van der Waals surface area contributed by atoms with Gasteiger partial charge in [-0.3, -0.25) is 4.79 Å². The molecule has 5 nitrogen and oxygen atoms in total. The molecule has 2 aromatic rings. The van der Waals surface area contributed by atoms with Crippen molar-refractivity contribution < 1.29 is 4.79 Å². The Morgan fingerprint density at radius 2 is 1.92 bits per heavy atom. The van der Waals surface area contributed by atoms with E-state index < -0.39 is 0 Å². The van der Waals surface area contributed by atoms with Crippen molar-refractivity contribution in [2.75, 3.05) is 0 Å². The number of aromatic nitrogens is 2. The van der Waals surface area contributed by atoms with E-state index in [1.54, 1.807) is 13.8 Å². The van der Waals surface area contributed by atoms with Crippen molar-refractivity contribution >= 4 is 17.7 Å². The zero-order valence-corrected chi connectivity index (χ0v) is 15.1. The van der Waals surface area contributed by atoms with Gasteiger partial charge in [0, 0.05) is 6.54 Å². The van der Waals surface area contributed by atoms with E-state index >= 15 is 0 Å². The zero-order chi connectivity index (χ0) is 17.7. The van der Waals surface area contributed by atoms with Crippen LogP contribution in [0.1, 0.15) is 35.1 Å². The molecule has 0 aliphatic carbocycles. The van der Waals surface area contributed by atoms with Gasteiger partial charge in [0.2, 0.25) is 5.91 Å². The van der Waals surface area contributed by atoms with Crippen molar-refractivity contribution in [3.63, 3.8) is 0 Å². The summed E-state index contributed by atoms with van der Waals surface area (Å²) < 4.78 is 0. The van der Waals surface area contributed by atoms with E-state index in [2.05, 4.69) is 21.4 Å². The highest BCUT2D eigenvalue weighted by atomic mass is 32.2. The SMILES string of the molecule is Cc1ccc(CNC(=O)C(C)Sc2nc(C)nc(C)c2C#N)cc1. The number of carbonyl (C=O) groups excluding carboxylic acids is 1. The molecule has 1 amide bonds. The summed E-state index contributed by atoms with van der Waals surface area (Å²) >= 11 is 1.28. The Morgan fingerprint density at radius 1 is 1.25 bits per heavy atom. The molecule has 0 bridgehead atoms.